The molecule has 0 saturated heterocycles. The Morgan fingerprint density at radius 1 is 1.06 bits per heavy atom. The summed E-state index contributed by atoms with van der Waals surface area (Å²) in [7, 11) is -3.98. The van der Waals surface area contributed by atoms with Crippen LogP contribution < -0.4 is 5.32 Å². The Hall–Kier alpha value is -2.14. The van der Waals surface area contributed by atoms with Crippen LogP contribution in [0.25, 0.3) is 0 Å². The lowest BCUT2D eigenvalue weighted by molar-refractivity contribution is 0.0396. The third-order valence-electron chi connectivity index (χ3n) is 6.05. The first-order valence-electron chi connectivity index (χ1n) is 9.34. The summed E-state index contributed by atoms with van der Waals surface area (Å²) in [5.74, 6) is -6.95. The smallest absolute Gasteiger partial charge is 0.255 e. The van der Waals surface area contributed by atoms with E-state index in [9.17, 15) is 36.6 Å². The highest BCUT2D eigenvalue weighted by molar-refractivity contribution is 7.91. The van der Waals surface area contributed by atoms with Crippen molar-refractivity contribution in [2.45, 2.75) is 23.5 Å². The van der Waals surface area contributed by atoms with Crippen molar-refractivity contribution in [1.82, 2.24) is 0 Å². The van der Waals surface area contributed by atoms with Gasteiger partial charge in [0.25, 0.3) is 5.91 Å². The van der Waals surface area contributed by atoms with Crippen LogP contribution in [0.4, 0.5) is 18.9 Å². The van der Waals surface area contributed by atoms with Crippen molar-refractivity contribution < 1.29 is 36.6 Å². The second kappa shape index (κ2) is 7.77. The lowest BCUT2D eigenvalue weighted by Gasteiger charge is -2.35. The van der Waals surface area contributed by atoms with Crippen LogP contribution >= 0.6 is 11.6 Å². The molecule has 3 aliphatic carbocycles. The van der Waals surface area contributed by atoms with Gasteiger partial charge in [0, 0.05) is 23.4 Å². The Morgan fingerprint density at radius 2 is 1.65 bits per heavy atom. The number of carbonyl (C=O) groups is 1. The summed E-state index contributed by atoms with van der Waals surface area (Å²) in [6, 6.07) is 4.65. The van der Waals surface area contributed by atoms with Crippen molar-refractivity contribution in [3.63, 3.8) is 0 Å². The molecular formula is C20H17ClF3NO5S. The maximum Gasteiger partial charge on any atom is 0.255 e. The van der Waals surface area contributed by atoms with Gasteiger partial charge in [-0.05, 0) is 42.4 Å². The van der Waals surface area contributed by atoms with Crippen molar-refractivity contribution in [3.8, 4) is 0 Å². The first kappa shape index (κ1) is 22.1. The zero-order chi connectivity index (χ0) is 22.7. The van der Waals surface area contributed by atoms with Gasteiger partial charge in [-0.25, -0.2) is 21.6 Å². The minimum Gasteiger partial charge on any atom is -0.390 e. The van der Waals surface area contributed by atoms with Crippen LogP contribution in [0.2, 0.25) is 5.02 Å². The first-order valence-corrected chi connectivity index (χ1v) is 11.4. The molecule has 3 N–H and O–H groups in total. The zero-order valence-corrected chi connectivity index (χ0v) is 17.3. The number of amides is 1. The minimum absolute atomic E-state index is 0.122. The maximum atomic E-state index is 13.4. The van der Waals surface area contributed by atoms with Crippen LogP contribution in [0, 0.1) is 35.2 Å². The lowest BCUT2D eigenvalue weighted by Crippen LogP contribution is -2.37. The third-order valence-corrected chi connectivity index (χ3v) is 8.33. The highest BCUT2D eigenvalue weighted by Gasteiger charge is 2.59. The van der Waals surface area contributed by atoms with E-state index < -0.39 is 51.3 Å². The van der Waals surface area contributed by atoms with E-state index >= 15 is 0 Å². The quantitative estimate of drug-likeness (QED) is 0.577. The van der Waals surface area contributed by atoms with Crippen molar-refractivity contribution in [1.29, 1.82) is 0 Å². The first-order chi connectivity index (χ1) is 14.5. The SMILES string of the molecule is O=C(Nc1cc(F)c(F)c(F)c1)c1ccc(Cl)c(S(=O)(=O)CC2C3CC2[C@H](O)[C@@H]3O)c1. The van der Waals surface area contributed by atoms with E-state index in [1.54, 1.807) is 0 Å². The second-order valence-electron chi connectivity index (χ2n) is 7.84. The number of aliphatic hydroxyl groups excluding tert-OH is 2. The molecule has 31 heavy (non-hydrogen) atoms. The average molecular weight is 476 g/mol. The van der Waals surface area contributed by atoms with Crippen LogP contribution in [-0.4, -0.2) is 42.5 Å². The Morgan fingerprint density at radius 3 is 2.19 bits per heavy atom. The number of sulfone groups is 1. The largest absolute Gasteiger partial charge is 0.390 e. The molecule has 2 bridgehead atoms. The number of hydrogen-bond donors (Lipinski definition) is 3. The van der Waals surface area contributed by atoms with Crippen molar-refractivity contribution in [3.05, 3.63) is 58.4 Å². The van der Waals surface area contributed by atoms with Gasteiger partial charge in [0.15, 0.2) is 27.3 Å². The summed E-state index contributed by atoms with van der Waals surface area (Å²) in [6.07, 6.45) is -1.38. The monoisotopic (exact) mass is 475 g/mol. The summed E-state index contributed by atoms with van der Waals surface area (Å²) in [6.45, 7) is 0. The van der Waals surface area contributed by atoms with Crippen molar-refractivity contribution in [2.24, 2.45) is 17.8 Å². The Balaban J connectivity index is 1.56. The molecule has 2 aromatic carbocycles. The number of aliphatic hydroxyl groups is 2. The number of benzene rings is 2. The third kappa shape index (κ3) is 3.82. The topological polar surface area (TPSA) is 104 Å². The molecule has 5 atom stereocenters. The molecule has 0 spiro atoms. The molecule has 1 amide bonds. The molecule has 0 radical (unpaired) electrons. The van der Waals surface area contributed by atoms with Crippen LogP contribution in [-0.2, 0) is 9.84 Å². The molecule has 3 unspecified atom stereocenters. The number of halogens is 4. The molecule has 6 nitrogen and oxygen atoms in total. The minimum atomic E-state index is -3.98. The Labute approximate surface area is 180 Å². The summed E-state index contributed by atoms with van der Waals surface area (Å²) in [5, 5.41) is 21.9. The molecule has 166 valence electrons. The molecule has 11 heteroatoms. The van der Waals surface area contributed by atoms with Gasteiger partial charge in [0.1, 0.15) is 0 Å². The Kier molecular flexibility index (Phi) is 5.53. The van der Waals surface area contributed by atoms with Gasteiger partial charge in [-0.3, -0.25) is 4.79 Å². The number of anilines is 1. The summed E-state index contributed by atoms with van der Waals surface area (Å²) < 4.78 is 65.6. The van der Waals surface area contributed by atoms with E-state index in [2.05, 4.69) is 5.32 Å². The molecule has 3 aliphatic rings. The second-order valence-corrected chi connectivity index (χ2v) is 10.3. The molecule has 0 aliphatic heterocycles. The molecule has 3 saturated carbocycles. The fourth-order valence-electron chi connectivity index (χ4n) is 4.38. The normalized spacial score (nSPS) is 27.1. The zero-order valence-electron chi connectivity index (χ0n) is 15.7. The van der Waals surface area contributed by atoms with Crippen LogP contribution in [0.5, 0.6) is 0 Å². The highest BCUT2D eigenvalue weighted by atomic mass is 35.5. The molecule has 0 heterocycles. The predicted molar refractivity (Wildman–Crippen MR) is 105 cm³/mol. The van der Waals surface area contributed by atoms with Gasteiger partial charge in [-0.1, -0.05) is 11.6 Å². The van der Waals surface area contributed by atoms with Gasteiger partial charge in [0.05, 0.1) is 27.9 Å². The predicted octanol–water partition coefficient (Wildman–Crippen LogP) is 2.77. The van der Waals surface area contributed by atoms with Gasteiger partial charge in [0.2, 0.25) is 0 Å². The summed E-state index contributed by atoms with van der Waals surface area (Å²) >= 11 is 6.04. The molecule has 3 fully saturated rings. The number of nitrogens with one attached hydrogen (secondary N) is 1. The summed E-state index contributed by atoms with van der Waals surface area (Å²) in [4.78, 5) is 12.1. The van der Waals surface area contributed by atoms with E-state index in [0.717, 1.165) is 6.07 Å². The van der Waals surface area contributed by atoms with Crippen LogP contribution in [0.3, 0.4) is 0 Å². The van der Waals surface area contributed by atoms with E-state index in [0.29, 0.717) is 18.6 Å². The van der Waals surface area contributed by atoms with Crippen LogP contribution in [0.15, 0.2) is 35.2 Å². The Bertz CT molecular complexity index is 1140. The maximum absolute atomic E-state index is 13.4. The van der Waals surface area contributed by atoms with Crippen molar-refractivity contribution >= 4 is 33.0 Å². The van der Waals surface area contributed by atoms with Gasteiger partial charge < -0.3 is 15.5 Å². The summed E-state index contributed by atoms with van der Waals surface area (Å²) in [5.41, 5.74) is -0.500. The van der Waals surface area contributed by atoms with E-state index in [4.69, 9.17) is 11.6 Å². The lowest BCUT2D eigenvalue weighted by atomic mass is 9.73. The van der Waals surface area contributed by atoms with Gasteiger partial charge >= 0.3 is 0 Å². The fourth-order valence-corrected chi connectivity index (χ4v) is 6.70. The number of hydrogen-bond acceptors (Lipinski definition) is 5. The number of fused-ring (bicyclic) bond motifs is 1. The molecule has 0 aromatic heterocycles. The molecular weight excluding hydrogens is 459 g/mol. The van der Waals surface area contributed by atoms with Crippen molar-refractivity contribution in [2.75, 3.05) is 11.1 Å². The molecule has 2 aromatic rings. The van der Waals surface area contributed by atoms with E-state index in [-0.39, 0.29) is 38.8 Å². The van der Waals surface area contributed by atoms with E-state index in [1.165, 1.54) is 12.1 Å². The molecule has 5 rings (SSSR count). The highest BCUT2D eigenvalue weighted by Crippen LogP contribution is 2.54. The number of rotatable bonds is 5. The average Bonchev–Trinajstić information content (AvgIpc) is 3.10. The van der Waals surface area contributed by atoms with Gasteiger partial charge in [-0.15, -0.1) is 0 Å². The van der Waals surface area contributed by atoms with Crippen LogP contribution in [0.1, 0.15) is 16.8 Å². The standard InChI is InChI=1S/C20H17ClF3NO5S/c21-13-2-1-8(20(28)25-9-4-14(22)17(24)15(23)5-9)3-16(13)31(29,30)7-12-10-6-11(12)19(27)18(10)26/h1-5,10-12,18-19,26-27H,6-7H2,(H,25,28)/t10?,11?,12?,18-,19+. The fraction of sp³-hybridized carbons (Fsp3) is 0.350. The van der Waals surface area contributed by atoms with E-state index in [1.807, 2.05) is 0 Å². The number of carbonyl (C=O) groups excluding carboxylic acids is 1. The van der Waals surface area contributed by atoms with Gasteiger partial charge in [-0.2, -0.15) is 0 Å².